The Kier molecular flexibility index (Phi) is 51.7. The number of carbonyl (C=O) groups is 6. The summed E-state index contributed by atoms with van der Waals surface area (Å²) in [6, 6.07) is -2.20. The van der Waals surface area contributed by atoms with Gasteiger partial charge in [-0.3, -0.25) is 9.59 Å². The van der Waals surface area contributed by atoms with Crippen LogP contribution in [0, 0.1) is 0 Å². The van der Waals surface area contributed by atoms with Crippen LogP contribution in [-0.4, -0.2) is 47.9 Å². The third-order valence-electron chi connectivity index (χ3n) is 9.32. The monoisotopic (exact) mass is 815 g/mol. The zero-order valence-corrected chi connectivity index (χ0v) is 40.0. The third-order valence-corrected chi connectivity index (χ3v) is 9.32. The number of carboxylic acids is 2. The quantitative estimate of drug-likeness (QED) is 0.0389. The van der Waals surface area contributed by atoms with Gasteiger partial charge >= 0.3 is 83.0 Å². The van der Waals surface area contributed by atoms with Gasteiger partial charge in [0.05, 0.1) is 0 Å². The molecule has 0 aliphatic carbocycles. The topological polar surface area (TPSA) is 219 Å². The van der Waals surface area contributed by atoms with E-state index < -0.39 is 47.9 Å². The molecule has 14 heteroatoms. The van der Waals surface area contributed by atoms with Crippen molar-refractivity contribution in [1.82, 2.24) is 0 Å². The van der Waals surface area contributed by atoms with Crippen LogP contribution in [-0.2, 0) is 38.2 Å². The van der Waals surface area contributed by atoms with Crippen molar-refractivity contribution in [3.8, 4) is 0 Å². The number of unbranched alkanes of at least 4 members (excludes halogenated alkanes) is 24. The van der Waals surface area contributed by atoms with Crippen LogP contribution in [0.4, 0.5) is 0 Å². The van der Waals surface area contributed by atoms with Gasteiger partial charge in [-0.15, -0.1) is 0 Å². The maximum Gasteiger partial charge on any atom is 1.00 e. The molecule has 0 aromatic rings. The number of carbonyl (C=O) groups excluding carboxylic acids is 6. The molecule has 0 radical (unpaired) electrons. The normalized spacial score (nSPS) is 11.5. The van der Waals surface area contributed by atoms with Gasteiger partial charge in [0.15, 0.2) is 0 Å². The van der Waals surface area contributed by atoms with Gasteiger partial charge in [-0.2, -0.15) is 0 Å². The summed E-state index contributed by atoms with van der Waals surface area (Å²) in [5, 5.41) is 20.6. The van der Waals surface area contributed by atoms with Gasteiger partial charge in [0.2, 0.25) is 0 Å². The van der Waals surface area contributed by atoms with Crippen molar-refractivity contribution in [3.63, 3.8) is 0 Å². The molecule has 2 unspecified atom stereocenters. The van der Waals surface area contributed by atoms with Crippen LogP contribution < -0.4 is 80.8 Å². The molecular formula is C42H76N2Na2O10. The summed E-state index contributed by atoms with van der Waals surface area (Å²) in [4.78, 5) is 66.8. The largest absolute Gasteiger partial charge is 1.00 e. The SMILES string of the molecule is CCCCCCCCCCCCCCCC(=O)OC(=O)C(N)CCC(=O)[O-].CCCCCCCCCCCCCCCC(=O)OC(=O)C(N)CCC(=O)[O-].[Na+].[Na+]. The van der Waals surface area contributed by atoms with E-state index in [9.17, 15) is 39.0 Å². The number of nitrogens with two attached hydrogens (primary N) is 2. The zero-order valence-electron chi connectivity index (χ0n) is 36.0. The van der Waals surface area contributed by atoms with Crippen LogP contribution in [0.15, 0.2) is 0 Å². The molecule has 0 saturated heterocycles. The Morgan fingerprint density at radius 2 is 0.607 bits per heavy atom. The molecule has 0 aliphatic rings. The number of esters is 4. The van der Waals surface area contributed by atoms with Crippen molar-refractivity contribution < 1.29 is 108 Å². The Bertz CT molecular complexity index is 911. The second-order valence-corrected chi connectivity index (χ2v) is 14.6. The first-order valence-corrected chi connectivity index (χ1v) is 21.3. The maximum absolute atomic E-state index is 11.6. The van der Waals surface area contributed by atoms with Crippen LogP contribution in [0.2, 0.25) is 0 Å². The molecule has 0 aromatic carbocycles. The zero-order chi connectivity index (χ0) is 40.7. The fourth-order valence-corrected chi connectivity index (χ4v) is 5.83. The summed E-state index contributed by atoms with van der Waals surface area (Å²) >= 11 is 0. The van der Waals surface area contributed by atoms with Gasteiger partial charge in [0.1, 0.15) is 12.1 Å². The minimum absolute atomic E-state index is 0. The molecule has 0 aromatic heterocycles. The summed E-state index contributed by atoms with van der Waals surface area (Å²) in [6.07, 6.45) is 31.2. The van der Waals surface area contributed by atoms with Gasteiger partial charge in [0.25, 0.3) is 0 Å². The number of ether oxygens (including phenoxy) is 2. The average Bonchev–Trinajstić information content (AvgIpc) is 3.13. The second-order valence-electron chi connectivity index (χ2n) is 14.6. The number of aliphatic carboxylic acids is 2. The molecule has 0 aliphatic heterocycles. The van der Waals surface area contributed by atoms with E-state index in [-0.39, 0.29) is 97.6 Å². The van der Waals surface area contributed by atoms with Gasteiger partial charge in [-0.1, -0.05) is 168 Å². The van der Waals surface area contributed by atoms with Crippen molar-refractivity contribution in [2.24, 2.45) is 11.5 Å². The first-order valence-electron chi connectivity index (χ1n) is 21.3. The fourth-order valence-electron chi connectivity index (χ4n) is 5.83. The standard InChI is InChI=1S/2C21H39NO5.2Na/c2*1-2-3-4-5-6-7-8-9-10-11-12-13-14-15-20(25)27-21(26)18(22)16-17-19(23)24;;/h2*18H,2-17,22H2,1H3,(H,23,24);;/q;;2*+1/p-2. The van der Waals surface area contributed by atoms with E-state index in [4.69, 9.17) is 11.5 Å². The Balaban J connectivity index is -0.000000466. The van der Waals surface area contributed by atoms with Gasteiger partial charge in [-0.05, 0) is 38.5 Å². The molecule has 0 fully saturated rings. The predicted octanol–water partition coefficient (Wildman–Crippen LogP) is 0.798. The predicted molar refractivity (Wildman–Crippen MR) is 207 cm³/mol. The van der Waals surface area contributed by atoms with Crippen LogP contribution in [0.5, 0.6) is 0 Å². The Hall–Kier alpha value is -0.860. The molecule has 0 rings (SSSR count). The van der Waals surface area contributed by atoms with Gasteiger partial charge < -0.3 is 40.7 Å². The van der Waals surface area contributed by atoms with Crippen molar-refractivity contribution in [2.45, 2.75) is 231 Å². The molecular weight excluding hydrogens is 738 g/mol. The third kappa shape index (κ3) is 47.5. The van der Waals surface area contributed by atoms with E-state index in [1.54, 1.807) is 0 Å². The smallest absolute Gasteiger partial charge is 0.550 e. The summed E-state index contributed by atoms with van der Waals surface area (Å²) in [7, 11) is 0. The van der Waals surface area contributed by atoms with E-state index in [1.807, 2.05) is 0 Å². The summed E-state index contributed by atoms with van der Waals surface area (Å²) in [5.41, 5.74) is 10.9. The molecule has 0 heterocycles. The van der Waals surface area contributed by atoms with E-state index in [1.165, 1.54) is 128 Å². The molecule has 316 valence electrons. The van der Waals surface area contributed by atoms with Crippen LogP contribution in [0.3, 0.4) is 0 Å². The Morgan fingerprint density at radius 1 is 0.393 bits per heavy atom. The molecule has 0 spiro atoms. The van der Waals surface area contributed by atoms with E-state index in [2.05, 4.69) is 23.3 Å². The molecule has 0 amide bonds. The van der Waals surface area contributed by atoms with Gasteiger partial charge in [0, 0.05) is 24.8 Å². The average molecular weight is 815 g/mol. The first-order chi connectivity index (χ1) is 25.9. The second kappa shape index (κ2) is 46.8. The number of hydrogen-bond donors (Lipinski definition) is 2. The van der Waals surface area contributed by atoms with Crippen molar-refractivity contribution in [2.75, 3.05) is 0 Å². The van der Waals surface area contributed by atoms with Crippen molar-refractivity contribution >= 4 is 35.8 Å². The van der Waals surface area contributed by atoms with Crippen LogP contribution >= 0.6 is 0 Å². The summed E-state index contributed by atoms with van der Waals surface area (Å²) in [5.74, 6) is -5.47. The Morgan fingerprint density at radius 3 is 0.821 bits per heavy atom. The first kappa shape index (κ1) is 61.8. The van der Waals surface area contributed by atoms with E-state index in [0.717, 1.165) is 25.7 Å². The molecule has 2 atom stereocenters. The maximum atomic E-state index is 11.6. The van der Waals surface area contributed by atoms with Crippen LogP contribution in [0.25, 0.3) is 0 Å². The molecule has 4 N–H and O–H groups in total. The van der Waals surface area contributed by atoms with Crippen molar-refractivity contribution in [1.29, 1.82) is 0 Å². The molecule has 56 heavy (non-hydrogen) atoms. The molecule has 0 saturated carbocycles. The molecule has 0 bridgehead atoms. The van der Waals surface area contributed by atoms with Crippen molar-refractivity contribution in [3.05, 3.63) is 0 Å². The number of carboxylic acid groups (broad SMARTS) is 2. The molecule has 12 nitrogen and oxygen atoms in total. The van der Waals surface area contributed by atoms with E-state index in [0.29, 0.717) is 12.8 Å². The fraction of sp³-hybridized carbons (Fsp3) is 0.857. The van der Waals surface area contributed by atoms with Crippen LogP contribution in [0.1, 0.15) is 219 Å². The number of hydrogen-bond acceptors (Lipinski definition) is 12. The minimum Gasteiger partial charge on any atom is -0.550 e. The summed E-state index contributed by atoms with van der Waals surface area (Å²) in [6.45, 7) is 4.47. The van der Waals surface area contributed by atoms with Gasteiger partial charge in [-0.25, -0.2) is 9.59 Å². The minimum atomic E-state index is -1.28. The Labute approximate surface area is 383 Å². The number of rotatable bonds is 36. The summed E-state index contributed by atoms with van der Waals surface area (Å²) < 4.78 is 9.27. The van der Waals surface area contributed by atoms with E-state index >= 15 is 0 Å².